The van der Waals surface area contributed by atoms with Crippen LogP contribution in [-0.2, 0) is 4.79 Å². The van der Waals surface area contributed by atoms with E-state index in [0.29, 0.717) is 24.3 Å². The molecule has 1 aromatic carbocycles. The van der Waals surface area contributed by atoms with Crippen molar-refractivity contribution in [1.82, 2.24) is 10.6 Å². The summed E-state index contributed by atoms with van der Waals surface area (Å²) in [6.07, 6.45) is 3.36. The number of hydrogen-bond donors (Lipinski definition) is 3. The molecule has 2 amide bonds. The standard InChI is InChI=1S/C17H17BrN2O4/c18-13-6-4-12(5-7-13)16(22)20-15(11-14-3-1-10-24-14)17(23)19-8-2-9-21/h1,3-7,10-11,21H,2,8-9H2,(H,19,23)(H,20,22)/b15-11-. The van der Waals surface area contributed by atoms with Gasteiger partial charge >= 0.3 is 0 Å². The molecule has 0 spiro atoms. The van der Waals surface area contributed by atoms with E-state index in [1.54, 1.807) is 36.4 Å². The molecule has 0 saturated carbocycles. The molecule has 0 atom stereocenters. The Morgan fingerprint density at radius 2 is 1.96 bits per heavy atom. The van der Waals surface area contributed by atoms with Crippen molar-refractivity contribution < 1.29 is 19.1 Å². The largest absolute Gasteiger partial charge is 0.465 e. The second kappa shape index (κ2) is 9.05. The van der Waals surface area contributed by atoms with Crippen LogP contribution in [0.4, 0.5) is 0 Å². The van der Waals surface area contributed by atoms with Gasteiger partial charge in [0.25, 0.3) is 11.8 Å². The number of carbonyl (C=O) groups is 2. The fraction of sp³-hybridized carbons (Fsp3) is 0.176. The zero-order valence-corrected chi connectivity index (χ0v) is 14.4. The summed E-state index contributed by atoms with van der Waals surface area (Å²) in [5, 5.41) is 14.0. The maximum atomic E-state index is 12.3. The summed E-state index contributed by atoms with van der Waals surface area (Å²) in [7, 11) is 0. The van der Waals surface area contributed by atoms with Crippen LogP contribution in [0.15, 0.2) is 57.2 Å². The van der Waals surface area contributed by atoms with Gasteiger partial charge in [0, 0.05) is 29.3 Å². The van der Waals surface area contributed by atoms with E-state index in [9.17, 15) is 9.59 Å². The molecule has 2 rings (SSSR count). The molecule has 2 aromatic rings. The van der Waals surface area contributed by atoms with Crippen LogP contribution in [0, 0.1) is 0 Å². The summed E-state index contributed by atoms with van der Waals surface area (Å²) in [6.45, 7) is 0.280. The van der Waals surface area contributed by atoms with E-state index in [1.807, 2.05) is 0 Å². The van der Waals surface area contributed by atoms with Crippen molar-refractivity contribution in [2.75, 3.05) is 13.2 Å². The number of furan rings is 1. The summed E-state index contributed by atoms with van der Waals surface area (Å²) in [4.78, 5) is 24.6. The first-order valence-corrected chi connectivity index (χ1v) is 8.10. The van der Waals surface area contributed by atoms with Crippen LogP contribution in [0.3, 0.4) is 0 Å². The molecule has 24 heavy (non-hydrogen) atoms. The highest BCUT2D eigenvalue weighted by molar-refractivity contribution is 9.10. The van der Waals surface area contributed by atoms with E-state index in [0.717, 1.165) is 4.47 Å². The van der Waals surface area contributed by atoms with Gasteiger partial charge in [0.15, 0.2) is 0 Å². The van der Waals surface area contributed by atoms with Gasteiger partial charge in [-0.25, -0.2) is 0 Å². The van der Waals surface area contributed by atoms with Gasteiger partial charge in [0.05, 0.1) is 6.26 Å². The fourth-order valence-electron chi connectivity index (χ4n) is 1.85. The fourth-order valence-corrected chi connectivity index (χ4v) is 2.11. The van der Waals surface area contributed by atoms with Crippen molar-refractivity contribution in [1.29, 1.82) is 0 Å². The maximum absolute atomic E-state index is 12.3. The van der Waals surface area contributed by atoms with Crippen molar-refractivity contribution in [3.63, 3.8) is 0 Å². The number of aliphatic hydroxyl groups is 1. The van der Waals surface area contributed by atoms with Gasteiger partial charge in [-0.3, -0.25) is 9.59 Å². The van der Waals surface area contributed by atoms with Gasteiger partial charge in [-0.1, -0.05) is 15.9 Å². The van der Waals surface area contributed by atoms with E-state index in [4.69, 9.17) is 9.52 Å². The number of hydrogen-bond acceptors (Lipinski definition) is 4. The Kier molecular flexibility index (Phi) is 6.77. The number of amides is 2. The van der Waals surface area contributed by atoms with Gasteiger partial charge in [-0.15, -0.1) is 0 Å². The SMILES string of the molecule is O=C(NCCCO)/C(=C/c1ccco1)NC(=O)c1ccc(Br)cc1. The minimum atomic E-state index is -0.453. The molecule has 1 heterocycles. The highest BCUT2D eigenvalue weighted by atomic mass is 79.9. The summed E-state index contributed by atoms with van der Waals surface area (Å²) < 4.78 is 6.04. The molecule has 0 radical (unpaired) electrons. The maximum Gasteiger partial charge on any atom is 0.267 e. The Morgan fingerprint density at radius 1 is 1.21 bits per heavy atom. The van der Waals surface area contributed by atoms with Crippen LogP contribution in [0.1, 0.15) is 22.5 Å². The molecule has 0 bridgehead atoms. The molecule has 0 saturated heterocycles. The first-order chi connectivity index (χ1) is 11.6. The average Bonchev–Trinajstić information content (AvgIpc) is 3.08. The van der Waals surface area contributed by atoms with Gasteiger partial charge in [-0.05, 0) is 42.8 Å². The normalized spacial score (nSPS) is 11.2. The van der Waals surface area contributed by atoms with E-state index in [1.165, 1.54) is 12.3 Å². The number of rotatable bonds is 7. The van der Waals surface area contributed by atoms with Crippen LogP contribution < -0.4 is 10.6 Å². The first kappa shape index (κ1) is 18.0. The molecule has 7 heteroatoms. The van der Waals surface area contributed by atoms with Crippen LogP contribution in [0.2, 0.25) is 0 Å². The second-order valence-electron chi connectivity index (χ2n) is 4.87. The highest BCUT2D eigenvalue weighted by Crippen LogP contribution is 2.12. The number of nitrogens with one attached hydrogen (secondary N) is 2. The molecule has 0 aliphatic carbocycles. The lowest BCUT2D eigenvalue weighted by atomic mass is 10.2. The van der Waals surface area contributed by atoms with E-state index >= 15 is 0 Å². The van der Waals surface area contributed by atoms with Gasteiger partial charge in [0.1, 0.15) is 11.5 Å². The van der Waals surface area contributed by atoms with Gasteiger partial charge in [0.2, 0.25) is 0 Å². The molecule has 0 unspecified atom stereocenters. The third-order valence-corrected chi connectivity index (χ3v) is 3.58. The molecule has 0 fully saturated rings. The van der Waals surface area contributed by atoms with Crippen LogP contribution in [0.25, 0.3) is 6.08 Å². The Hall–Kier alpha value is -2.38. The lowest BCUT2D eigenvalue weighted by molar-refractivity contribution is -0.117. The topological polar surface area (TPSA) is 91.6 Å². The van der Waals surface area contributed by atoms with E-state index in [2.05, 4.69) is 26.6 Å². The molecule has 6 nitrogen and oxygen atoms in total. The minimum Gasteiger partial charge on any atom is -0.465 e. The second-order valence-corrected chi connectivity index (χ2v) is 5.78. The minimum absolute atomic E-state index is 0.0250. The number of benzene rings is 1. The number of aliphatic hydroxyl groups excluding tert-OH is 1. The Bertz CT molecular complexity index is 709. The quantitative estimate of drug-likeness (QED) is 0.497. The lowest BCUT2D eigenvalue weighted by Crippen LogP contribution is -2.35. The van der Waals surface area contributed by atoms with E-state index in [-0.39, 0.29) is 12.3 Å². The number of halogens is 1. The van der Waals surface area contributed by atoms with Crippen molar-refractivity contribution in [3.8, 4) is 0 Å². The molecular formula is C17H17BrN2O4. The van der Waals surface area contributed by atoms with Crippen LogP contribution in [-0.4, -0.2) is 30.1 Å². The predicted molar refractivity (Wildman–Crippen MR) is 93.0 cm³/mol. The third-order valence-electron chi connectivity index (χ3n) is 3.05. The first-order valence-electron chi connectivity index (χ1n) is 7.31. The molecule has 126 valence electrons. The molecule has 0 aliphatic heterocycles. The molecule has 1 aromatic heterocycles. The Balaban J connectivity index is 2.14. The molecule has 3 N–H and O–H groups in total. The van der Waals surface area contributed by atoms with Crippen LogP contribution in [0.5, 0.6) is 0 Å². The average molecular weight is 393 g/mol. The van der Waals surface area contributed by atoms with Crippen molar-refractivity contribution in [3.05, 3.63) is 64.2 Å². The smallest absolute Gasteiger partial charge is 0.267 e. The summed E-state index contributed by atoms with van der Waals surface area (Å²) in [6, 6.07) is 10.1. The van der Waals surface area contributed by atoms with Crippen LogP contribution >= 0.6 is 15.9 Å². The molecular weight excluding hydrogens is 376 g/mol. The van der Waals surface area contributed by atoms with Crippen molar-refractivity contribution in [2.45, 2.75) is 6.42 Å². The predicted octanol–water partition coefficient (Wildman–Crippen LogP) is 2.31. The van der Waals surface area contributed by atoms with Gasteiger partial charge < -0.3 is 20.2 Å². The van der Waals surface area contributed by atoms with Crippen molar-refractivity contribution in [2.24, 2.45) is 0 Å². The summed E-state index contributed by atoms with van der Waals surface area (Å²) >= 11 is 3.30. The van der Waals surface area contributed by atoms with E-state index < -0.39 is 11.8 Å². The van der Waals surface area contributed by atoms with Crippen molar-refractivity contribution >= 4 is 33.8 Å². The Labute approximate surface area is 147 Å². The Morgan fingerprint density at radius 3 is 2.58 bits per heavy atom. The zero-order chi connectivity index (χ0) is 17.4. The summed E-state index contributed by atoms with van der Waals surface area (Å²) in [5.74, 6) is -0.415. The third kappa shape index (κ3) is 5.36. The lowest BCUT2D eigenvalue weighted by Gasteiger charge is -2.10. The summed E-state index contributed by atoms with van der Waals surface area (Å²) in [5.41, 5.74) is 0.488. The monoisotopic (exact) mass is 392 g/mol. The van der Waals surface area contributed by atoms with Gasteiger partial charge in [-0.2, -0.15) is 0 Å². The number of carbonyl (C=O) groups excluding carboxylic acids is 2. The highest BCUT2D eigenvalue weighted by Gasteiger charge is 2.15. The molecule has 0 aliphatic rings. The zero-order valence-electron chi connectivity index (χ0n) is 12.8.